The highest BCUT2D eigenvalue weighted by Crippen LogP contribution is 2.30. The molecule has 0 saturated carbocycles. The lowest BCUT2D eigenvalue weighted by Crippen LogP contribution is -1.83. The summed E-state index contributed by atoms with van der Waals surface area (Å²) >= 11 is 6.04. The fraction of sp³-hybridized carbons (Fsp3) is 0.0714. The third-order valence-corrected chi connectivity index (χ3v) is 3.24. The van der Waals surface area contributed by atoms with Crippen LogP contribution in [0.4, 0.5) is 4.39 Å². The van der Waals surface area contributed by atoms with Crippen LogP contribution in [-0.2, 0) is 6.61 Å². The Hall–Kier alpha value is -1.91. The molecular weight excluding hydrogens is 267 g/mol. The maximum atomic E-state index is 13.0. The molecule has 5 heteroatoms. The number of hydrogen-bond donors (Lipinski definition) is 2. The van der Waals surface area contributed by atoms with E-state index in [9.17, 15) is 4.39 Å². The molecule has 0 atom stereocenters. The van der Waals surface area contributed by atoms with E-state index in [4.69, 9.17) is 16.7 Å². The maximum absolute atomic E-state index is 13.0. The molecule has 19 heavy (non-hydrogen) atoms. The Morgan fingerprint density at radius 2 is 2.05 bits per heavy atom. The van der Waals surface area contributed by atoms with E-state index >= 15 is 0 Å². The first kappa shape index (κ1) is 12.1. The van der Waals surface area contributed by atoms with E-state index < -0.39 is 0 Å². The van der Waals surface area contributed by atoms with E-state index in [-0.39, 0.29) is 12.4 Å². The highest BCUT2D eigenvalue weighted by molar-refractivity contribution is 6.33. The Bertz CT molecular complexity index is 754. The average molecular weight is 277 g/mol. The SMILES string of the molecule is OCc1nc2ccc(-c3ccc(F)cc3Cl)cc2[nH]1. The summed E-state index contributed by atoms with van der Waals surface area (Å²) in [4.78, 5) is 7.21. The van der Waals surface area contributed by atoms with Crippen molar-refractivity contribution in [1.82, 2.24) is 9.97 Å². The molecule has 96 valence electrons. The van der Waals surface area contributed by atoms with E-state index in [1.165, 1.54) is 12.1 Å². The van der Waals surface area contributed by atoms with Crippen molar-refractivity contribution >= 4 is 22.6 Å². The third-order valence-electron chi connectivity index (χ3n) is 2.92. The van der Waals surface area contributed by atoms with Gasteiger partial charge in [-0.2, -0.15) is 0 Å². The van der Waals surface area contributed by atoms with Gasteiger partial charge in [0.15, 0.2) is 0 Å². The molecule has 2 aromatic carbocycles. The second-order valence-electron chi connectivity index (χ2n) is 4.20. The molecule has 0 unspecified atom stereocenters. The number of rotatable bonds is 2. The lowest BCUT2D eigenvalue weighted by molar-refractivity contribution is 0.273. The summed E-state index contributed by atoms with van der Waals surface area (Å²) in [7, 11) is 0. The van der Waals surface area contributed by atoms with Gasteiger partial charge >= 0.3 is 0 Å². The standard InChI is InChI=1S/C14H10ClFN2O/c15-11-6-9(16)2-3-10(11)8-1-4-12-13(5-8)18-14(7-19)17-12/h1-6,19H,7H2,(H,17,18). The van der Waals surface area contributed by atoms with Gasteiger partial charge in [0.2, 0.25) is 0 Å². The normalized spacial score (nSPS) is 11.1. The van der Waals surface area contributed by atoms with Gasteiger partial charge in [-0.15, -0.1) is 0 Å². The highest BCUT2D eigenvalue weighted by Gasteiger charge is 2.08. The molecule has 0 aliphatic heterocycles. The van der Waals surface area contributed by atoms with Crippen molar-refractivity contribution in [3.8, 4) is 11.1 Å². The highest BCUT2D eigenvalue weighted by atomic mass is 35.5. The van der Waals surface area contributed by atoms with Crippen LogP contribution >= 0.6 is 11.6 Å². The molecule has 0 aliphatic carbocycles. The molecule has 1 aromatic heterocycles. The number of aromatic amines is 1. The van der Waals surface area contributed by atoms with Crippen molar-refractivity contribution in [2.75, 3.05) is 0 Å². The molecule has 0 saturated heterocycles. The van der Waals surface area contributed by atoms with Gasteiger partial charge in [0.25, 0.3) is 0 Å². The van der Waals surface area contributed by atoms with Gasteiger partial charge in [-0.3, -0.25) is 0 Å². The van der Waals surface area contributed by atoms with Gasteiger partial charge in [-0.05, 0) is 35.9 Å². The Balaban J connectivity index is 2.14. The van der Waals surface area contributed by atoms with Gasteiger partial charge in [-0.1, -0.05) is 17.7 Å². The lowest BCUT2D eigenvalue weighted by Gasteiger charge is -2.04. The zero-order valence-electron chi connectivity index (χ0n) is 9.82. The second kappa shape index (κ2) is 4.64. The molecule has 0 fully saturated rings. The van der Waals surface area contributed by atoms with E-state index in [0.29, 0.717) is 10.8 Å². The molecule has 0 bridgehead atoms. The Labute approximate surface area is 113 Å². The van der Waals surface area contributed by atoms with Crippen LogP contribution in [0.5, 0.6) is 0 Å². The fourth-order valence-electron chi connectivity index (χ4n) is 2.03. The van der Waals surface area contributed by atoms with Crippen molar-refractivity contribution in [3.05, 3.63) is 53.1 Å². The second-order valence-corrected chi connectivity index (χ2v) is 4.60. The monoisotopic (exact) mass is 276 g/mol. The minimum absolute atomic E-state index is 0.138. The summed E-state index contributed by atoms with van der Waals surface area (Å²) in [6, 6.07) is 9.87. The number of imidazole rings is 1. The third kappa shape index (κ3) is 2.20. The predicted molar refractivity (Wildman–Crippen MR) is 72.4 cm³/mol. The first-order valence-electron chi connectivity index (χ1n) is 5.72. The van der Waals surface area contributed by atoms with Crippen LogP contribution in [0.2, 0.25) is 5.02 Å². The van der Waals surface area contributed by atoms with Crippen molar-refractivity contribution in [2.45, 2.75) is 6.61 Å². The molecule has 0 aliphatic rings. The van der Waals surface area contributed by atoms with Crippen LogP contribution in [0.25, 0.3) is 22.2 Å². The molecule has 0 spiro atoms. The first-order chi connectivity index (χ1) is 9.17. The number of H-pyrrole nitrogens is 1. The molecular formula is C14H10ClFN2O. The Morgan fingerprint density at radius 3 is 2.79 bits per heavy atom. The molecule has 0 amide bonds. The molecule has 0 radical (unpaired) electrons. The topological polar surface area (TPSA) is 48.9 Å². The van der Waals surface area contributed by atoms with Crippen LogP contribution in [0, 0.1) is 5.82 Å². The summed E-state index contributed by atoms with van der Waals surface area (Å²) in [5, 5.41) is 9.41. The molecule has 2 N–H and O–H groups in total. The van der Waals surface area contributed by atoms with Crippen LogP contribution < -0.4 is 0 Å². The summed E-state index contributed by atoms with van der Waals surface area (Å²) in [5.74, 6) is 0.149. The Kier molecular flexibility index (Phi) is 2.97. The zero-order valence-corrected chi connectivity index (χ0v) is 10.6. The minimum Gasteiger partial charge on any atom is -0.388 e. The number of halogens is 2. The maximum Gasteiger partial charge on any atom is 0.133 e. The van der Waals surface area contributed by atoms with E-state index in [1.807, 2.05) is 18.2 Å². The summed E-state index contributed by atoms with van der Waals surface area (Å²) in [5.41, 5.74) is 3.20. The van der Waals surface area contributed by atoms with Crippen molar-refractivity contribution in [3.63, 3.8) is 0 Å². The van der Waals surface area contributed by atoms with Crippen LogP contribution in [0.3, 0.4) is 0 Å². The van der Waals surface area contributed by atoms with Gasteiger partial charge in [0.1, 0.15) is 18.2 Å². The Morgan fingerprint density at radius 1 is 1.21 bits per heavy atom. The summed E-state index contributed by atoms with van der Waals surface area (Å²) in [6.07, 6.45) is 0. The first-order valence-corrected chi connectivity index (χ1v) is 6.10. The zero-order chi connectivity index (χ0) is 13.4. The number of aromatic nitrogens is 2. The summed E-state index contributed by atoms with van der Waals surface area (Å²) in [6.45, 7) is -0.138. The quantitative estimate of drug-likeness (QED) is 0.752. The van der Waals surface area contributed by atoms with E-state index in [1.54, 1.807) is 6.07 Å². The van der Waals surface area contributed by atoms with Crippen LogP contribution in [0.1, 0.15) is 5.82 Å². The molecule has 3 nitrogen and oxygen atoms in total. The number of aliphatic hydroxyl groups is 1. The molecule has 1 heterocycles. The van der Waals surface area contributed by atoms with Gasteiger partial charge < -0.3 is 10.1 Å². The number of benzene rings is 2. The smallest absolute Gasteiger partial charge is 0.133 e. The number of nitrogens with zero attached hydrogens (tertiary/aromatic N) is 1. The number of nitrogens with one attached hydrogen (secondary N) is 1. The summed E-state index contributed by atoms with van der Waals surface area (Å²) < 4.78 is 13.0. The largest absolute Gasteiger partial charge is 0.388 e. The predicted octanol–water partition coefficient (Wildman–Crippen LogP) is 3.51. The fourth-order valence-corrected chi connectivity index (χ4v) is 2.30. The number of hydrogen-bond acceptors (Lipinski definition) is 2. The number of fused-ring (bicyclic) bond motifs is 1. The van der Waals surface area contributed by atoms with Crippen molar-refractivity contribution < 1.29 is 9.50 Å². The van der Waals surface area contributed by atoms with E-state index in [2.05, 4.69) is 9.97 Å². The average Bonchev–Trinajstić information content (AvgIpc) is 2.80. The lowest BCUT2D eigenvalue weighted by atomic mass is 10.1. The van der Waals surface area contributed by atoms with Crippen molar-refractivity contribution in [1.29, 1.82) is 0 Å². The van der Waals surface area contributed by atoms with E-state index in [0.717, 1.165) is 22.2 Å². The minimum atomic E-state index is -0.362. The molecule has 3 aromatic rings. The van der Waals surface area contributed by atoms with Crippen LogP contribution in [-0.4, -0.2) is 15.1 Å². The van der Waals surface area contributed by atoms with Crippen molar-refractivity contribution in [2.24, 2.45) is 0 Å². The van der Waals surface area contributed by atoms with Crippen LogP contribution in [0.15, 0.2) is 36.4 Å². The van der Waals surface area contributed by atoms with Gasteiger partial charge in [-0.25, -0.2) is 9.37 Å². The number of aliphatic hydroxyl groups excluding tert-OH is 1. The molecule has 3 rings (SSSR count). The van der Waals surface area contributed by atoms with Gasteiger partial charge in [0.05, 0.1) is 16.1 Å². The van der Waals surface area contributed by atoms with Gasteiger partial charge in [0, 0.05) is 5.56 Å².